The first-order valence-electron chi connectivity index (χ1n) is 8.43. The number of morpholine rings is 1. The number of halogens is 1. The summed E-state index contributed by atoms with van der Waals surface area (Å²) in [4.78, 5) is 29.4. The van der Waals surface area contributed by atoms with E-state index >= 15 is 0 Å². The zero-order chi connectivity index (χ0) is 18.1. The molecule has 2 amide bonds. The first kappa shape index (κ1) is 16.5. The van der Waals surface area contributed by atoms with Crippen LogP contribution >= 0.6 is 0 Å². The Morgan fingerprint density at radius 2 is 1.50 bits per heavy atom. The Balaban J connectivity index is 1.83. The lowest BCUT2D eigenvalue weighted by Crippen LogP contribution is -2.40. The first-order chi connectivity index (χ1) is 12.7. The van der Waals surface area contributed by atoms with Crippen LogP contribution < -0.4 is 4.90 Å². The van der Waals surface area contributed by atoms with Crippen molar-refractivity contribution in [1.29, 1.82) is 0 Å². The van der Waals surface area contributed by atoms with E-state index in [-0.39, 0.29) is 11.7 Å². The summed E-state index contributed by atoms with van der Waals surface area (Å²) >= 11 is 0. The number of hydrogen-bond acceptors (Lipinski definition) is 4. The predicted octanol–water partition coefficient (Wildman–Crippen LogP) is 2.44. The highest BCUT2D eigenvalue weighted by atomic mass is 19.1. The first-order valence-corrected chi connectivity index (χ1v) is 8.43. The number of imide groups is 1. The maximum Gasteiger partial charge on any atom is 0.282 e. The maximum atomic E-state index is 13.3. The Bertz CT molecular complexity index is 872. The molecule has 0 saturated carbocycles. The van der Waals surface area contributed by atoms with E-state index in [1.807, 2.05) is 11.0 Å². The minimum absolute atomic E-state index is 0.306. The fraction of sp³-hybridized carbons (Fsp3) is 0.200. The lowest BCUT2D eigenvalue weighted by Gasteiger charge is -2.29. The van der Waals surface area contributed by atoms with Gasteiger partial charge in [-0.2, -0.15) is 0 Å². The highest BCUT2D eigenvalue weighted by Gasteiger charge is 2.42. The van der Waals surface area contributed by atoms with Crippen LogP contribution in [0.3, 0.4) is 0 Å². The number of hydrogen-bond donors (Lipinski definition) is 0. The van der Waals surface area contributed by atoms with E-state index in [4.69, 9.17) is 4.74 Å². The summed E-state index contributed by atoms with van der Waals surface area (Å²) < 4.78 is 18.7. The third-order valence-corrected chi connectivity index (χ3v) is 4.53. The molecule has 132 valence electrons. The topological polar surface area (TPSA) is 49.9 Å². The number of nitrogens with zero attached hydrogens (tertiary/aromatic N) is 2. The van der Waals surface area contributed by atoms with Gasteiger partial charge in [0.2, 0.25) is 0 Å². The Hall–Kier alpha value is -2.99. The molecule has 0 bridgehead atoms. The van der Waals surface area contributed by atoms with Gasteiger partial charge in [-0.25, -0.2) is 9.29 Å². The summed E-state index contributed by atoms with van der Waals surface area (Å²) in [5.74, 6) is -1.14. The molecular weight excluding hydrogens is 335 g/mol. The van der Waals surface area contributed by atoms with E-state index in [0.717, 1.165) is 0 Å². The van der Waals surface area contributed by atoms with Gasteiger partial charge in [-0.3, -0.25) is 9.59 Å². The van der Waals surface area contributed by atoms with Crippen LogP contribution in [0.1, 0.15) is 5.56 Å². The zero-order valence-electron chi connectivity index (χ0n) is 14.0. The molecule has 2 aliphatic rings. The molecule has 1 saturated heterocycles. The summed E-state index contributed by atoms with van der Waals surface area (Å²) in [6, 6.07) is 14.5. The monoisotopic (exact) mass is 352 g/mol. The van der Waals surface area contributed by atoms with Crippen molar-refractivity contribution < 1.29 is 18.7 Å². The molecule has 4 rings (SSSR count). The number of carbonyl (C=O) groups excluding carboxylic acids is 2. The number of carbonyl (C=O) groups is 2. The van der Waals surface area contributed by atoms with Gasteiger partial charge < -0.3 is 9.64 Å². The van der Waals surface area contributed by atoms with E-state index < -0.39 is 5.91 Å². The summed E-state index contributed by atoms with van der Waals surface area (Å²) in [5, 5.41) is 0. The van der Waals surface area contributed by atoms with Crippen molar-refractivity contribution in [2.45, 2.75) is 0 Å². The Kier molecular flexibility index (Phi) is 4.26. The average molecular weight is 352 g/mol. The molecule has 6 heteroatoms. The molecule has 5 nitrogen and oxygen atoms in total. The van der Waals surface area contributed by atoms with Crippen molar-refractivity contribution >= 4 is 23.1 Å². The van der Waals surface area contributed by atoms with Crippen molar-refractivity contribution in [1.82, 2.24) is 4.90 Å². The van der Waals surface area contributed by atoms with Crippen LogP contribution in [0.25, 0.3) is 5.57 Å². The van der Waals surface area contributed by atoms with Crippen molar-refractivity contribution in [2.75, 3.05) is 31.2 Å². The standard InChI is InChI=1S/C20H17FN2O3/c21-15-8-6-14(7-9-15)17-18(22-10-12-26-13-11-22)20(25)23(19(17)24)16-4-2-1-3-5-16/h1-9H,10-13H2. The van der Waals surface area contributed by atoms with Crippen molar-refractivity contribution in [3.63, 3.8) is 0 Å². The molecule has 2 aromatic rings. The van der Waals surface area contributed by atoms with Gasteiger partial charge in [0.15, 0.2) is 0 Å². The van der Waals surface area contributed by atoms with Gasteiger partial charge >= 0.3 is 0 Å². The largest absolute Gasteiger partial charge is 0.378 e. The molecule has 2 aromatic carbocycles. The van der Waals surface area contributed by atoms with Crippen LogP contribution in [0, 0.1) is 5.82 Å². The van der Waals surface area contributed by atoms with Gasteiger partial charge in [0, 0.05) is 13.1 Å². The molecule has 26 heavy (non-hydrogen) atoms. The normalized spacial score (nSPS) is 18.0. The molecule has 0 radical (unpaired) electrons. The van der Waals surface area contributed by atoms with E-state index in [1.54, 1.807) is 24.3 Å². The summed E-state index contributed by atoms with van der Waals surface area (Å²) in [5.41, 5.74) is 1.71. The van der Waals surface area contributed by atoms with Crippen molar-refractivity contribution in [3.05, 3.63) is 71.7 Å². The minimum atomic E-state index is -0.394. The molecule has 0 unspecified atom stereocenters. The summed E-state index contributed by atoms with van der Waals surface area (Å²) in [6.45, 7) is 2.05. The van der Waals surface area contributed by atoms with E-state index in [2.05, 4.69) is 0 Å². The second kappa shape index (κ2) is 6.72. The van der Waals surface area contributed by atoms with E-state index in [0.29, 0.717) is 48.8 Å². The molecule has 2 aliphatic heterocycles. The van der Waals surface area contributed by atoms with Crippen molar-refractivity contribution in [2.24, 2.45) is 0 Å². The van der Waals surface area contributed by atoms with Gasteiger partial charge in [0.05, 0.1) is 24.5 Å². The Labute approximate surface area is 150 Å². The number of benzene rings is 2. The SMILES string of the molecule is O=C1C(c2ccc(F)cc2)=C(N2CCOCC2)C(=O)N1c1ccccc1. The van der Waals surface area contributed by atoms with Crippen LogP contribution in [-0.2, 0) is 14.3 Å². The average Bonchev–Trinajstić information content (AvgIpc) is 2.94. The molecule has 1 fully saturated rings. The van der Waals surface area contributed by atoms with Crippen molar-refractivity contribution in [3.8, 4) is 0 Å². The molecule has 2 heterocycles. The number of ether oxygens (including phenoxy) is 1. The molecular formula is C20H17FN2O3. The highest BCUT2D eigenvalue weighted by molar-refractivity contribution is 6.45. The van der Waals surface area contributed by atoms with Gasteiger partial charge in [-0.15, -0.1) is 0 Å². The maximum absolute atomic E-state index is 13.3. The fourth-order valence-electron chi connectivity index (χ4n) is 3.29. The Morgan fingerprint density at radius 1 is 0.846 bits per heavy atom. The van der Waals surface area contributed by atoms with Crippen LogP contribution in [0.2, 0.25) is 0 Å². The predicted molar refractivity (Wildman–Crippen MR) is 94.6 cm³/mol. The van der Waals surface area contributed by atoms with E-state index in [9.17, 15) is 14.0 Å². The lowest BCUT2D eigenvalue weighted by atomic mass is 10.0. The van der Waals surface area contributed by atoms with Gasteiger partial charge in [-0.1, -0.05) is 30.3 Å². The number of para-hydroxylation sites is 1. The Morgan fingerprint density at radius 3 is 2.15 bits per heavy atom. The zero-order valence-corrected chi connectivity index (χ0v) is 14.0. The lowest BCUT2D eigenvalue weighted by molar-refractivity contribution is -0.121. The van der Waals surface area contributed by atoms with Gasteiger partial charge in [-0.05, 0) is 29.8 Å². The molecule has 0 atom stereocenters. The van der Waals surface area contributed by atoms with Crippen LogP contribution in [0.5, 0.6) is 0 Å². The third kappa shape index (κ3) is 2.78. The summed E-state index contributed by atoms with van der Waals surface area (Å²) in [6.07, 6.45) is 0. The van der Waals surface area contributed by atoms with Crippen LogP contribution in [0.15, 0.2) is 60.3 Å². The summed E-state index contributed by atoms with van der Waals surface area (Å²) in [7, 11) is 0. The smallest absolute Gasteiger partial charge is 0.282 e. The molecule has 0 aliphatic carbocycles. The quantitative estimate of drug-likeness (QED) is 0.796. The second-order valence-corrected chi connectivity index (χ2v) is 6.11. The molecule has 0 spiro atoms. The number of anilines is 1. The van der Waals surface area contributed by atoms with Gasteiger partial charge in [0.25, 0.3) is 11.8 Å². The second-order valence-electron chi connectivity index (χ2n) is 6.11. The fourth-order valence-corrected chi connectivity index (χ4v) is 3.29. The van der Waals surface area contributed by atoms with Crippen LogP contribution in [-0.4, -0.2) is 43.0 Å². The molecule has 0 aromatic heterocycles. The van der Waals surface area contributed by atoms with Gasteiger partial charge in [0.1, 0.15) is 11.5 Å². The number of amides is 2. The van der Waals surface area contributed by atoms with Crippen LogP contribution in [0.4, 0.5) is 10.1 Å². The third-order valence-electron chi connectivity index (χ3n) is 4.53. The highest BCUT2D eigenvalue weighted by Crippen LogP contribution is 2.35. The van der Waals surface area contributed by atoms with E-state index in [1.165, 1.54) is 29.2 Å². The molecule has 0 N–H and O–H groups in total. The number of rotatable bonds is 3. The minimum Gasteiger partial charge on any atom is -0.378 e.